The summed E-state index contributed by atoms with van der Waals surface area (Å²) in [5.74, 6) is 4.52. The van der Waals surface area contributed by atoms with Crippen molar-refractivity contribution in [2.24, 2.45) is 0 Å². The van der Waals surface area contributed by atoms with E-state index >= 15 is 0 Å². The van der Waals surface area contributed by atoms with Crippen molar-refractivity contribution in [1.29, 1.82) is 0 Å². The van der Waals surface area contributed by atoms with Gasteiger partial charge in [0.1, 0.15) is 5.01 Å². The Labute approximate surface area is 135 Å². The number of hydrogen-bond donors (Lipinski definition) is 1. The first-order valence-electron chi connectivity index (χ1n) is 5.82. The highest BCUT2D eigenvalue weighted by Gasteiger charge is 2.38. The van der Waals surface area contributed by atoms with Crippen LogP contribution in [0.1, 0.15) is 11.5 Å². The molecule has 0 aliphatic carbocycles. The number of nitrogen functional groups attached to an aromatic ring is 1. The molecule has 2 N–H and O–H groups in total. The minimum atomic E-state index is -4.62. The lowest BCUT2D eigenvalue weighted by Crippen LogP contribution is -2.21. The van der Waals surface area contributed by atoms with Gasteiger partial charge in [0.05, 0.1) is 5.69 Å². The highest BCUT2D eigenvalue weighted by Crippen LogP contribution is 2.31. The summed E-state index contributed by atoms with van der Waals surface area (Å²) >= 11 is 4.12. The lowest BCUT2D eigenvalue weighted by molar-refractivity contribution is -0.146. The van der Waals surface area contributed by atoms with Crippen molar-refractivity contribution in [3.63, 3.8) is 0 Å². The van der Waals surface area contributed by atoms with Crippen molar-refractivity contribution in [3.8, 4) is 10.6 Å². The van der Waals surface area contributed by atoms with E-state index in [0.29, 0.717) is 10.4 Å². The molecule has 3 aromatic heterocycles. The van der Waals surface area contributed by atoms with Crippen LogP contribution in [-0.4, -0.2) is 19.9 Å². The van der Waals surface area contributed by atoms with E-state index in [1.54, 1.807) is 11.3 Å². The molecule has 3 heterocycles. The predicted octanol–water partition coefficient (Wildman–Crippen LogP) is 3.49. The van der Waals surface area contributed by atoms with Crippen LogP contribution in [0.25, 0.3) is 10.6 Å². The zero-order valence-electron chi connectivity index (χ0n) is 10.7. The third kappa shape index (κ3) is 3.10. The van der Waals surface area contributed by atoms with Crippen LogP contribution in [0.5, 0.6) is 0 Å². The summed E-state index contributed by atoms with van der Waals surface area (Å²) < 4.78 is 38.1. The maximum atomic E-state index is 12.6. The summed E-state index contributed by atoms with van der Waals surface area (Å²) in [5.41, 5.74) is 1.79. The summed E-state index contributed by atoms with van der Waals surface area (Å²) in [4.78, 5) is 4.44. The van der Waals surface area contributed by atoms with Crippen molar-refractivity contribution in [3.05, 3.63) is 33.7 Å². The van der Waals surface area contributed by atoms with E-state index in [1.165, 1.54) is 11.3 Å². The lowest BCUT2D eigenvalue weighted by atomic mass is 10.4. The Kier molecular flexibility index (Phi) is 4.10. The van der Waals surface area contributed by atoms with Gasteiger partial charge in [-0.25, -0.2) is 9.66 Å². The number of thioether (sulfide) groups is 1. The SMILES string of the molecule is Nn1c(SCc2csc(-c3ccsc3)n2)nnc1C(F)(F)F. The Hall–Kier alpha value is -1.59. The number of thiophene rings is 1. The van der Waals surface area contributed by atoms with Gasteiger partial charge in [-0.2, -0.15) is 24.5 Å². The number of hydrogen-bond acceptors (Lipinski definition) is 7. The fraction of sp³-hybridized carbons (Fsp3) is 0.182. The third-order valence-electron chi connectivity index (χ3n) is 2.59. The number of thiazole rings is 1. The number of rotatable bonds is 4. The molecule has 22 heavy (non-hydrogen) atoms. The molecule has 0 fully saturated rings. The second kappa shape index (κ2) is 5.89. The Morgan fingerprint density at radius 2 is 2.09 bits per heavy atom. The van der Waals surface area contributed by atoms with E-state index in [0.717, 1.165) is 28.0 Å². The largest absolute Gasteiger partial charge is 0.453 e. The van der Waals surface area contributed by atoms with Crippen molar-refractivity contribution in [1.82, 2.24) is 19.9 Å². The van der Waals surface area contributed by atoms with Gasteiger partial charge in [-0.15, -0.1) is 21.5 Å². The van der Waals surface area contributed by atoms with Crippen molar-refractivity contribution in [2.75, 3.05) is 5.84 Å². The molecule has 0 aliphatic heterocycles. The molecular formula is C11H8F3N5S3. The second-order valence-electron chi connectivity index (χ2n) is 4.12. The smallest absolute Gasteiger partial charge is 0.335 e. The van der Waals surface area contributed by atoms with Crippen LogP contribution in [0.15, 0.2) is 27.4 Å². The van der Waals surface area contributed by atoms with Gasteiger partial charge < -0.3 is 5.84 Å². The maximum absolute atomic E-state index is 12.6. The standard InChI is InChI=1S/C11H8F3N5S3/c12-11(13,14)9-17-18-10(19(9)15)22-5-7-4-21-8(16-7)6-1-2-20-3-6/h1-4H,5,15H2. The number of nitrogens with zero attached hydrogens (tertiary/aromatic N) is 4. The molecule has 0 saturated heterocycles. The zero-order valence-corrected chi connectivity index (χ0v) is 13.2. The average Bonchev–Trinajstić information content (AvgIpc) is 3.16. The number of nitrogens with two attached hydrogens (primary N) is 1. The molecule has 0 radical (unpaired) electrons. The first-order chi connectivity index (χ1) is 10.4. The summed E-state index contributed by atoms with van der Waals surface area (Å²) in [6.45, 7) is 0. The lowest BCUT2D eigenvalue weighted by Gasteiger charge is -2.05. The molecule has 3 rings (SSSR count). The molecule has 3 aromatic rings. The van der Waals surface area contributed by atoms with E-state index in [9.17, 15) is 13.2 Å². The Morgan fingerprint density at radius 1 is 1.27 bits per heavy atom. The normalized spacial score (nSPS) is 12.0. The average molecular weight is 363 g/mol. The first-order valence-corrected chi connectivity index (χ1v) is 8.63. The van der Waals surface area contributed by atoms with Crippen LogP contribution in [-0.2, 0) is 11.9 Å². The quantitative estimate of drug-likeness (QED) is 0.568. The summed E-state index contributed by atoms with van der Waals surface area (Å²) in [6.07, 6.45) is -4.62. The van der Waals surface area contributed by atoms with Crippen LogP contribution in [0.2, 0.25) is 0 Å². The Morgan fingerprint density at radius 3 is 2.73 bits per heavy atom. The summed E-state index contributed by atoms with van der Waals surface area (Å²) in [5, 5.41) is 13.2. The van der Waals surface area contributed by atoms with Crippen LogP contribution in [0, 0.1) is 0 Å². The molecule has 116 valence electrons. The number of alkyl halides is 3. The van der Waals surface area contributed by atoms with E-state index in [2.05, 4.69) is 15.2 Å². The number of aromatic nitrogens is 4. The van der Waals surface area contributed by atoms with Crippen molar-refractivity contribution < 1.29 is 13.2 Å². The van der Waals surface area contributed by atoms with Gasteiger partial charge in [0.25, 0.3) is 5.82 Å². The molecule has 0 amide bonds. The Bertz CT molecular complexity index is 762. The highest BCUT2D eigenvalue weighted by atomic mass is 32.2. The molecule has 11 heteroatoms. The fourth-order valence-electron chi connectivity index (χ4n) is 1.60. The van der Waals surface area contributed by atoms with E-state index < -0.39 is 12.0 Å². The van der Waals surface area contributed by atoms with Gasteiger partial charge in [-0.05, 0) is 11.4 Å². The van der Waals surface area contributed by atoms with E-state index in [4.69, 9.17) is 5.84 Å². The number of halogens is 3. The molecule has 0 saturated carbocycles. The Balaban J connectivity index is 1.70. The molecular weight excluding hydrogens is 355 g/mol. The van der Waals surface area contributed by atoms with Crippen molar-refractivity contribution >= 4 is 34.4 Å². The molecule has 0 aliphatic rings. The fourth-order valence-corrected chi connectivity index (χ4v) is 3.99. The molecule has 0 bridgehead atoms. The van der Waals surface area contributed by atoms with Gasteiger partial charge in [-0.3, -0.25) is 0 Å². The van der Waals surface area contributed by atoms with Crippen LogP contribution in [0.4, 0.5) is 13.2 Å². The predicted molar refractivity (Wildman–Crippen MR) is 80.2 cm³/mol. The van der Waals surface area contributed by atoms with Crippen LogP contribution < -0.4 is 5.84 Å². The van der Waals surface area contributed by atoms with E-state index in [-0.39, 0.29) is 5.16 Å². The highest BCUT2D eigenvalue weighted by molar-refractivity contribution is 7.98. The van der Waals surface area contributed by atoms with Crippen LogP contribution in [0.3, 0.4) is 0 Å². The topological polar surface area (TPSA) is 69.6 Å². The minimum Gasteiger partial charge on any atom is -0.335 e. The van der Waals surface area contributed by atoms with Gasteiger partial charge in [-0.1, -0.05) is 11.8 Å². The molecule has 0 unspecified atom stereocenters. The molecule has 0 aromatic carbocycles. The first kappa shape index (κ1) is 15.3. The van der Waals surface area contributed by atoms with E-state index in [1.807, 2.05) is 22.2 Å². The monoisotopic (exact) mass is 363 g/mol. The summed E-state index contributed by atoms with van der Waals surface area (Å²) in [7, 11) is 0. The third-order valence-corrected chi connectivity index (χ3v) is 5.19. The summed E-state index contributed by atoms with van der Waals surface area (Å²) in [6, 6.07) is 1.96. The maximum Gasteiger partial charge on any atom is 0.453 e. The second-order valence-corrected chi connectivity index (χ2v) is 6.70. The molecule has 0 spiro atoms. The minimum absolute atomic E-state index is 0.00240. The van der Waals surface area contributed by atoms with Gasteiger partial charge in [0, 0.05) is 22.1 Å². The van der Waals surface area contributed by atoms with Gasteiger partial charge in [0.15, 0.2) is 0 Å². The van der Waals surface area contributed by atoms with Gasteiger partial charge in [0.2, 0.25) is 5.16 Å². The molecule has 5 nitrogen and oxygen atoms in total. The van der Waals surface area contributed by atoms with Crippen molar-refractivity contribution in [2.45, 2.75) is 17.1 Å². The zero-order chi connectivity index (χ0) is 15.7. The van der Waals surface area contributed by atoms with Crippen LogP contribution >= 0.6 is 34.4 Å². The molecule has 0 atom stereocenters. The van der Waals surface area contributed by atoms with Gasteiger partial charge >= 0.3 is 6.18 Å².